The van der Waals surface area contributed by atoms with E-state index in [1.54, 1.807) is 4.68 Å². The quantitative estimate of drug-likeness (QED) is 0.534. The van der Waals surface area contributed by atoms with Gasteiger partial charge in [-0.1, -0.05) is 33.2 Å². The minimum Gasteiger partial charge on any atom is -0.318 e. The van der Waals surface area contributed by atoms with E-state index >= 15 is 0 Å². The molecule has 1 aliphatic heterocycles. The molecule has 1 aromatic carbocycles. The Balaban J connectivity index is 2.02. The van der Waals surface area contributed by atoms with Crippen LogP contribution in [0.1, 0.15) is 22.9 Å². The van der Waals surface area contributed by atoms with Gasteiger partial charge in [-0.15, -0.1) is 0 Å². The lowest BCUT2D eigenvalue weighted by Gasteiger charge is -2.27. The molecule has 0 aliphatic carbocycles. The Labute approximate surface area is 132 Å². The van der Waals surface area contributed by atoms with E-state index in [-0.39, 0.29) is 11.6 Å². The highest BCUT2D eigenvalue weighted by Crippen LogP contribution is 2.37. The summed E-state index contributed by atoms with van der Waals surface area (Å²) in [5.41, 5.74) is 2.59. The van der Waals surface area contributed by atoms with Crippen LogP contribution in [0.25, 0.3) is 0 Å². The number of hydrogen-bond donors (Lipinski definition) is 2. The molecule has 9 heteroatoms. The molecule has 0 saturated carbocycles. The molecule has 0 unspecified atom stereocenters. The number of nitrogens with one attached hydrogen (secondary N) is 2. The van der Waals surface area contributed by atoms with Crippen LogP contribution in [0.4, 0.5) is 11.6 Å². The molecule has 0 bridgehead atoms. The topological polar surface area (TPSA) is 101 Å². The second-order valence-corrected chi connectivity index (χ2v) is 5.87. The van der Waals surface area contributed by atoms with Gasteiger partial charge < -0.3 is 5.32 Å². The van der Waals surface area contributed by atoms with Crippen molar-refractivity contribution in [2.24, 2.45) is 0 Å². The minimum atomic E-state index is -0.302. The fourth-order valence-electron chi connectivity index (χ4n) is 2.65. The number of aromatic amines is 1. The van der Waals surface area contributed by atoms with Gasteiger partial charge in [-0.2, -0.15) is 9.78 Å². The van der Waals surface area contributed by atoms with Crippen molar-refractivity contribution < 1.29 is 0 Å². The molecule has 0 fully saturated rings. The van der Waals surface area contributed by atoms with Gasteiger partial charge in [0.25, 0.3) is 5.56 Å². The lowest BCUT2D eigenvalue weighted by Crippen LogP contribution is -2.29. The van der Waals surface area contributed by atoms with Crippen LogP contribution in [-0.4, -0.2) is 30.4 Å². The first-order valence-corrected chi connectivity index (χ1v) is 7.34. The summed E-state index contributed by atoms with van der Waals surface area (Å²) in [5, 5.41) is 21.2. The first-order valence-electron chi connectivity index (χ1n) is 6.54. The molecule has 1 aliphatic rings. The van der Waals surface area contributed by atoms with Gasteiger partial charge in [0.2, 0.25) is 5.95 Å². The van der Waals surface area contributed by atoms with Crippen molar-refractivity contribution in [1.82, 2.24) is 30.4 Å². The standard InChI is InChI=1S/C13H10BrN7O/c1-6-9-10(12(22)17-16-6)15-13-18-19-20-21(13)11(9)7-2-4-8(14)5-3-7/h2-5,11H,1H3,(H,17,22)(H,15,18,20)/t11-/m0/s1. The van der Waals surface area contributed by atoms with E-state index in [4.69, 9.17) is 0 Å². The van der Waals surface area contributed by atoms with Crippen molar-refractivity contribution in [3.05, 3.63) is 55.9 Å². The van der Waals surface area contributed by atoms with E-state index in [1.165, 1.54) is 0 Å². The summed E-state index contributed by atoms with van der Waals surface area (Å²) in [7, 11) is 0. The van der Waals surface area contributed by atoms with Gasteiger partial charge in [-0.25, -0.2) is 5.10 Å². The lowest BCUT2D eigenvalue weighted by atomic mass is 9.95. The summed E-state index contributed by atoms with van der Waals surface area (Å²) in [4.78, 5) is 12.1. The van der Waals surface area contributed by atoms with Crippen molar-refractivity contribution in [3.63, 3.8) is 0 Å². The molecule has 4 rings (SSSR count). The number of halogens is 1. The monoisotopic (exact) mass is 359 g/mol. The summed E-state index contributed by atoms with van der Waals surface area (Å²) in [6.45, 7) is 1.84. The molecule has 2 N–H and O–H groups in total. The van der Waals surface area contributed by atoms with E-state index in [0.717, 1.165) is 21.3 Å². The molecule has 0 radical (unpaired) electrons. The highest BCUT2D eigenvalue weighted by molar-refractivity contribution is 9.10. The Morgan fingerprint density at radius 3 is 2.82 bits per heavy atom. The molecule has 110 valence electrons. The highest BCUT2D eigenvalue weighted by atomic mass is 79.9. The molecule has 8 nitrogen and oxygen atoms in total. The second kappa shape index (κ2) is 4.73. The maximum atomic E-state index is 12.1. The number of aryl methyl sites for hydroxylation is 1. The molecular weight excluding hydrogens is 350 g/mol. The van der Waals surface area contributed by atoms with E-state index in [0.29, 0.717) is 11.6 Å². The third-order valence-corrected chi connectivity index (χ3v) is 4.17. The lowest BCUT2D eigenvalue weighted by molar-refractivity contribution is 0.562. The number of tetrazole rings is 1. The number of aromatic nitrogens is 6. The number of benzene rings is 1. The minimum absolute atomic E-state index is 0.294. The predicted octanol–water partition coefficient (Wildman–Crippen LogP) is 1.52. The van der Waals surface area contributed by atoms with Gasteiger partial charge in [0.1, 0.15) is 11.7 Å². The van der Waals surface area contributed by atoms with Crippen molar-refractivity contribution >= 4 is 27.6 Å². The second-order valence-electron chi connectivity index (χ2n) is 4.95. The molecular formula is C13H10BrN7O. The van der Waals surface area contributed by atoms with Crippen molar-refractivity contribution in [3.8, 4) is 0 Å². The maximum absolute atomic E-state index is 12.1. The first-order chi connectivity index (χ1) is 10.6. The Kier molecular flexibility index (Phi) is 2.83. The van der Waals surface area contributed by atoms with Crippen LogP contribution in [0.2, 0.25) is 0 Å². The average molecular weight is 360 g/mol. The largest absolute Gasteiger partial charge is 0.318 e. The Morgan fingerprint density at radius 2 is 2.05 bits per heavy atom. The zero-order valence-corrected chi connectivity index (χ0v) is 13.0. The number of hydrogen-bond acceptors (Lipinski definition) is 6. The van der Waals surface area contributed by atoms with Crippen LogP contribution in [0.3, 0.4) is 0 Å². The summed E-state index contributed by atoms with van der Waals surface area (Å²) < 4.78 is 2.63. The molecule has 3 heterocycles. The van der Waals surface area contributed by atoms with Crippen molar-refractivity contribution in [1.29, 1.82) is 0 Å². The normalized spacial score (nSPS) is 15.8. The van der Waals surface area contributed by atoms with E-state index < -0.39 is 0 Å². The van der Waals surface area contributed by atoms with Crippen LogP contribution < -0.4 is 10.9 Å². The van der Waals surface area contributed by atoms with Crippen LogP contribution in [0, 0.1) is 6.92 Å². The number of H-pyrrole nitrogens is 1. The van der Waals surface area contributed by atoms with Gasteiger partial charge in [0.05, 0.1) is 5.69 Å². The third kappa shape index (κ3) is 1.86. The van der Waals surface area contributed by atoms with Crippen molar-refractivity contribution in [2.45, 2.75) is 13.0 Å². The number of nitrogens with zero attached hydrogens (tertiary/aromatic N) is 5. The smallest absolute Gasteiger partial charge is 0.288 e. The molecule has 0 amide bonds. The van der Waals surface area contributed by atoms with E-state index in [2.05, 4.69) is 47.0 Å². The molecule has 1 atom stereocenters. The molecule has 2 aromatic heterocycles. The fourth-order valence-corrected chi connectivity index (χ4v) is 2.91. The van der Waals surface area contributed by atoms with Gasteiger partial charge in [-0.05, 0) is 35.0 Å². The highest BCUT2D eigenvalue weighted by Gasteiger charge is 2.32. The SMILES string of the molecule is Cc1n[nH]c(=O)c2c1[C@H](c1ccc(Br)cc1)n1nnnc1N2. The Morgan fingerprint density at radius 1 is 1.27 bits per heavy atom. The van der Waals surface area contributed by atoms with Gasteiger partial charge in [0.15, 0.2) is 0 Å². The van der Waals surface area contributed by atoms with Crippen molar-refractivity contribution in [2.75, 3.05) is 5.32 Å². The average Bonchev–Trinajstić information content (AvgIpc) is 2.98. The zero-order chi connectivity index (χ0) is 15.3. The fraction of sp³-hybridized carbons (Fsp3) is 0.154. The molecule has 0 spiro atoms. The third-order valence-electron chi connectivity index (χ3n) is 3.64. The molecule has 22 heavy (non-hydrogen) atoms. The molecule has 3 aromatic rings. The summed E-state index contributed by atoms with van der Waals surface area (Å²) in [6.07, 6.45) is 0. The van der Waals surface area contributed by atoms with E-state index in [9.17, 15) is 4.79 Å². The maximum Gasteiger partial charge on any atom is 0.288 e. The van der Waals surface area contributed by atoms with Crippen LogP contribution in [0.15, 0.2) is 33.5 Å². The van der Waals surface area contributed by atoms with Crippen LogP contribution in [-0.2, 0) is 0 Å². The number of rotatable bonds is 1. The molecule has 0 saturated heterocycles. The summed E-state index contributed by atoms with van der Waals surface area (Å²) >= 11 is 3.42. The first kappa shape index (κ1) is 13.1. The summed E-state index contributed by atoms with van der Waals surface area (Å²) in [5.74, 6) is 0.427. The van der Waals surface area contributed by atoms with Gasteiger partial charge in [0, 0.05) is 10.0 Å². The van der Waals surface area contributed by atoms with Crippen LogP contribution in [0.5, 0.6) is 0 Å². The van der Waals surface area contributed by atoms with E-state index in [1.807, 2.05) is 31.2 Å². The van der Waals surface area contributed by atoms with Gasteiger partial charge >= 0.3 is 0 Å². The predicted molar refractivity (Wildman–Crippen MR) is 82.1 cm³/mol. The number of anilines is 2. The summed E-state index contributed by atoms with van der Waals surface area (Å²) in [6, 6.07) is 7.52. The van der Waals surface area contributed by atoms with Gasteiger partial charge in [-0.3, -0.25) is 4.79 Å². The number of fused-ring (bicyclic) bond motifs is 2. The Hall–Kier alpha value is -2.55. The zero-order valence-electron chi connectivity index (χ0n) is 11.4. The Bertz CT molecular complexity index is 915. The van der Waals surface area contributed by atoms with Crippen LogP contribution >= 0.6 is 15.9 Å².